The van der Waals surface area contributed by atoms with Crippen molar-refractivity contribution in [1.82, 2.24) is 4.90 Å². The molecule has 1 N–H and O–H groups in total. The summed E-state index contributed by atoms with van der Waals surface area (Å²) in [5, 5.41) is 3.49. The topological polar surface area (TPSA) is 67.9 Å². The molecule has 0 unspecified atom stereocenters. The molecule has 0 atom stereocenters. The highest BCUT2D eigenvalue weighted by molar-refractivity contribution is 7.17. The zero-order valence-corrected chi connectivity index (χ0v) is 19.3. The Labute approximate surface area is 188 Å². The van der Waals surface area contributed by atoms with Crippen LogP contribution in [-0.4, -0.2) is 43.6 Å². The Hall–Kier alpha value is -2.09. The lowest BCUT2D eigenvalue weighted by Gasteiger charge is -2.25. The number of carbonyl (C=O) groups is 2. The lowest BCUT2D eigenvalue weighted by Crippen LogP contribution is -2.29. The van der Waals surface area contributed by atoms with Gasteiger partial charge in [-0.3, -0.25) is 9.69 Å². The molecule has 0 fully saturated rings. The smallest absolute Gasteiger partial charge is 0.341 e. The molecule has 1 aromatic heterocycles. The van der Waals surface area contributed by atoms with E-state index >= 15 is 0 Å². The van der Waals surface area contributed by atoms with Gasteiger partial charge in [-0.05, 0) is 49.2 Å². The van der Waals surface area contributed by atoms with Crippen molar-refractivity contribution >= 4 is 40.6 Å². The highest BCUT2D eigenvalue weighted by atomic mass is 35.5. The normalized spacial score (nSPS) is 13.2. The fourth-order valence-electron chi connectivity index (χ4n) is 3.34. The van der Waals surface area contributed by atoms with Gasteiger partial charge in [0.15, 0.2) is 0 Å². The maximum absolute atomic E-state index is 12.8. The molecule has 0 saturated carbocycles. The average Bonchev–Trinajstić information content (AvgIpc) is 3.10. The van der Waals surface area contributed by atoms with Crippen LogP contribution in [0.25, 0.3) is 0 Å². The van der Waals surface area contributed by atoms with Gasteiger partial charge >= 0.3 is 5.97 Å². The lowest BCUT2D eigenvalue weighted by atomic mass is 10.0. The number of unbranched alkanes of at least 4 members (excludes halogenated alkanes) is 1. The highest BCUT2D eigenvalue weighted by Gasteiger charge is 2.29. The first-order chi connectivity index (χ1) is 14.1. The van der Waals surface area contributed by atoms with Gasteiger partial charge in [0.1, 0.15) is 10.8 Å². The molecule has 1 aliphatic rings. The van der Waals surface area contributed by atoms with Crippen molar-refractivity contribution in [2.75, 3.05) is 32.1 Å². The molecule has 164 valence electrons. The zero-order chi connectivity index (χ0) is 20.8. The molecule has 3 rings (SSSR count). The van der Waals surface area contributed by atoms with Crippen LogP contribution in [0.15, 0.2) is 24.3 Å². The van der Waals surface area contributed by atoms with Crippen molar-refractivity contribution in [3.8, 4) is 5.75 Å². The van der Waals surface area contributed by atoms with Crippen LogP contribution in [0.1, 0.15) is 57.8 Å². The van der Waals surface area contributed by atoms with Gasteiger partial charge in [0.2, 0.25) is 0 Å². The van der Waals surface area contributed by atoms with E-state index in [9.17, 15) is 9.59 Å². The third-order valence-electron chi connectivity index (χ3n) is 5.08. The number of rotatable bonds is 8. The number of carbonyl (C=O) groups excluding carboxylic acids is 2. The number of likely N-dealkylation sites (N-methyl/N-ethyl adjacent to an activating group) is 1. The summed E-state index contributed by atoms with van der Waals surface area (Å²) >= 11 is 1.47. The van der Waals surface area contributed by atoms with Crippen molar-refractivity contribution in [3.05, 3.63) is 45.8 Å². The van der Waals surface area contributed by atoms with Crippen LogP contribution in [-0.2, 0) is 17.7 Å². The molecule has 2 aromatic rings. The SMILES string of the molecule is CCCCOc1ccc(C(=O)Nc2sc3c(c2C(=O)OC)CCN(CC)C3)cc1.Cl. The van der Waals surface area contributed by atoms with Crippen molar-refractivity contribution in [2.24, 2.45) is 0 Å². The van der Waals surface area contributed by atoms with Gasteiger partial charge in [-0.2, -0.15) is 0 Å². The van der Waals surface area contributed by atoms with E-state index in [1.54, 1.807) is 24.3 Å². The van der Waals surface area contributed by atoms with Crippen molar-refractivity contribution < 1.29 is 19.1 Å². The Bertz CT molecular complexity index is 867. The molecular formula is C22H29ClN2O4S. The van der Waals surface area contributed by atoms with Gasteiger partial charge in [0.05, 0.1) is 19.3 Å². The number of thiophene rings is 1. The summed E-state index contributed by atoms with van der Waals surface area (Å²) in [7, 11) is 1.37. The van der Waals surface area contributed by atoms with Gasteiger partial charge in [0.25, 0.3) is 5.91 Å². The van der Waals surface area contributed by atoms with E-state index < -0.39 is 5.97 Å². The van der Waals surface area contributed by atoms with Crippen molar-refractivity contribution in [1.29, 1.82) is 0 Å². The van der Waals surface area contributed by atoms with Gasteiger partial charge in [-0.15, -0.1) is 23.7 Å². The summed E-state index contributed by atoms with van der Waals surface area (Å²) in [6.07, 6.45) is 2.85. The molecule has 0 bridgehead atoms. The van der Waals surface area contributed by atoms with E-state index in [4.69, 9.17) is 9.47 Å². The molecular weight excluding hydrogens is 424 g/mol. The highest BCUT2D eigenvalue weighted by Crippen LogP contribution is 2.37. The monoisotopic (exact) mass is 452 g/mol. The largest absolute Gasteiger partial charge is 0.494 e. The number of nitrogens with one attached hydrogen (secondary N) is 1. The molecule has 30 heavy (non-hydrogen) atoms. The third kappa shape index (κ3) is 5.53. The van der Waals surface area contributed by atoms with Crippen LogP contribution in [0.3, 0.4) is 0 Å². The minimum atomic E-state index is -0.401. The summed E-state index contributed by atoms with van der Waals surface area (Å²) in [5.41, 5.74) is 2.02. The Balaban J connectivity index is 0.00000320. The van der Waals surface area contributed by atoms with Gasteiger partial charge in [-0.1, -0.05) is 20.3 Å². The molecule has 8 heteroatoms. The van der Waals surface area contributed by atoms with Crippen LogP contribution in [0.5, 0.6) is 5.75 Å². The van der Waals surface area contributed by atoms with Crippen LogP contribution in [0.4, 0.5) is 5.00 Å². The molecule has 1 amide bonds. The number of benzene rings is 1. The van der Waals surface area contributed by atoms with Crippen LogP contribution in [0, 0.1) is 0 Å². The van der Waals surface area contributed by atoms with Crippen LogP contribution >= 0.6 is 23.7 Å². The lowest BCUT2D eigenvalue weighted by molar-refractivity contribution is 0.0600. The number of halogens is 1. The number of hydrogen-bond donors (Lipinski definition) is 1. The Morgan fingerprint density at radius 1 is 1.20 bits per heavy atom. The summed E-state index contributed by atoms with van der Waals surface area (Å²) in [4.78, 5) is 28.6. The predicted octanol–water partition coefficient (Wildman–Crippen LogP) is 4.77. The summed E-state index contributed by atoms with van der Waals surface area (Å²) in [6, 6.07) is 7.07. The average molecular weight is 453 g/mol. The predicted molar refractivity (Wildman–Crippen MR) is 122 cm³/mol. The zero-order valence-electron chi connectivity index (χ0n) is 17.7. The van der Waals surface area contributed by atoms with E-state index in [-0.39, 0.29) is 18.3 Å². The van der Waals surface area contributed by atoms with Crippen LogP contribution in [0.2, 0.25) is 0 Å². The van der Waals surface area contributed by atoms with Crippen molar-refractivity contribution in [3.63, 3.8) is 0 Å². The van der Waals surface area contributed by atoms with Crippen LogP contribution < -0.4 is 10.1 Å². The molecule has 0 aliphatic carbocycles. The Kier molecular flexibility index (Phi) is 9.14. The second kappa shape index (κ2) is 11.3. The first-order valence-corrected chi connectivity index (χ1v) is 10.9. The quantitative estimate of drug-likeness (QED) is 0.461. The number of amides is 1. The minimum Gasteiger partial charge on any atom is -0.494 e. The standard InChI is InChI=1S/C22H28N2O4S.ClH/c1-4-6-13-28-16-9-7-15(8-10-16)20(25)23-21-19(22(26)27-3)17-11-12-24(5-2)14-18(17)29-21;/h7-10H,4-6,11-14H2,1-3H3,(H,23,25);1H. The van der Waals surface area contributed by atoms with Gasteiger partial charge < -0.3 is 14.8 Å². The fourth-order valence-corrected chi connectivity index (χ4v) is 4.62. The first-order valence-electron chi connectivity index (χ1n) is 10.1. The number of methoxy groups -OCH3 is 1. The Morgan fingerprint density at radius 2 is 1.93 bits per heavy atom. The number of nitrogens with zero attached hydrogens (tertiary/aromatic N) is 1. The van der Waals surface area contributed by atoms with E-state index in [1.165, 1.54) is 18.4 Å². The number of esters is 1. The fraction of sp³-hybridized carbons (Fsp3) is 0.455. The summed E-state index contributed by atoms with van der Waals surface area (Å²) in [5.74, 6) is 0.0973. The number of anilines is 1. The van der Waals surface area contributed by atoms with E-state index in [1.807, 2.05) is 0 Å². The molecule has 0 saturated heterocycles. The molecule has 1 aliphatic heterocycles. The molecule has 0 radical (unpaired) electrons. The van der Waals surface area contributed by atoms with E-state index in [2.05, 4.69) is 24.1 Å². The maximum Gasteiger partial charge on any atom is 0.341 e. The van der Waals surface area contributed by atoms with Gasteiger partial charge in [0, 0.05) is 23.5 Å². The number of fused-ring (bicyclic) bond motifs is 1. The summed E-state index contributed by atoms with van der Waals surface area (Å²) in [6.45, 7) is 7.55. The van der Waals surface area contributed by atoms with E-state index in [0.717, 1.165) is 55.1 Å². The summed E-state index contributed by atoms with van der Waals surface area (Å²) < 4.78 is 10.6. The maximum atomic E-state index is 12.8. The minimum absolute atomic E-state index is 0. The second-order valence-electron chi connectivity index (χ2n) is 7.00. The molecule has 1 aromatic carbocycles. The second-order valence-corrected chi connectivity index (χ2v) is 8.10. The van der Waals surface area contributed by atoms with E-state index in [0.29, 0.717) is 22.7 Å². The molecule has 2 heterocycles. The number of ether oxygens (including phenoxy) is 2. The molecule has 0 spiro atoms. The third-order valence-corrected chi connectivity index (χ3v) is 6.22. The van der Waals surface area contributed by atoms with Crippen molar-refractivity contribution in [2.45, 2.75) is 39.7 Å². The molecule has 6 nitrogen and oxygen atoms in total. The van der Waals surface area contributed by atoms with Gasteiger partial charge in [-0.25, -0.2) is 4.79 Å². The number of hydrogen-bond acceptors (Lipinski definition) is 6. The first kappa shape index (κ1) is 24.2. The Morgan fingerprint density at radius 3 is 2.57 bits per heavy atom.